The second-order valence-corrected chi connectivity index (χ2v) is 4.27. The molecule has 0 radical (unpaired) electrons. The van der Waals surface area contributed by atoms with Gasteiger partial charge in [-0.25, -0.2) is 0 Å². The van der Waals surface area contributed by atoms with Crippen molar-refractivity contribution in [2.75, 3.05) is 6.61 Å². The van der Waals surface area contributed by atoms with Gasteiger partial charge in [0.1, 0.15) is 18.5 Å². The van der Waals surface area contributed by atoms with Gasteiger partial charge in [-0.05, 0) is 5.53 Å². The van der Waals surface area contributed by atoms with Crippen molar-refractivity contribution in [3.8, 4) is 0 Å². The number of hydrogen-bond donors (Lipinski definition) is 0. The van der Waals surface area contributed by atoms with Gasteiger partial charge >= 0.3 is 17.9 Å². The van der Waals surface area contributed by atoms with Crippen molar-refractivity contribution in [2.24, 2.45) is 5.11 Å². The molecule has 0 N–H and O–H groups in total. The van der Waals surface area contributed by atoms with Gasteiger partial charge in [0.15, 0.2) is 12.3 Å². The molecule has 3 atom stereocenters. The van der Waals surface area contributed by atoms with E-state index < -0.39 is 36.3 Å². The van der Waals surface area contributed by atoms with Crippen LogP contribution >= 0.6 is 0 Å². The SMILES string of the molecule is CC(=O)OC[C@H]1OC(N=[N+]=[N-])C(OC(C)=O)=C[C@@H]1OC(C)=O. The van der Waals surface area contributed by atoms with E-state index in [9.17, 15) is 14.4 Å². The van der Waals surface area contributed by atoms with E-state index in [0.29, 0.717) is 0 Å². The second kappa shape index (κ2) is 8.01. The van der Waals surface area contributed by atoms with E-state index in [2.05, 4.69) is 10.0 Å². The second-order valence-electron chi connectivity index (χ2n) is 4.27. The van der Waals surface area contributed by atoms with Crippen LogP contribution < -0.4 is 0 Å². The van der Waals surface area contributed by atoms with Crippen LogP contribution in [-0.2, 0) is 33.3 Å². The average molecular weight is 313 g/mol. The number of esters is 3. The molecule has 0 aromatic carbocycles. The first kappa shape index (κ1) is 17.5. The van der Waals surface area contributed by atoms with Gasteiger partial charge in [-0.15, -0.1) is 0 Å². The number of rotatable bonds is 5. The van der Waals surface area contributed by atoms with Gasteiger partial charge in [-0.2, -0.15) is 0 Å². The third-order valence-electron chi connectivity index (χ3n) is 2.41. The molecule has 22 heavy (non-hydrogen) atoms. The molecule has 1 aliphatic rings. The van der Waals surface area contributed by atoms with Gasteiger partial charge in [0.2, 0.25) is 0 Å². The Hall–Kier alpha value is -2.58. The molecule has 0 aromatic heterocycles. The van der Waals surface area contributed by atoms with Gasteiger partial charge in [0.25, 0.3) is 0 Å². The molecule has 0 spiro atoms. The van der Waals surface area contributed by atoms with Crippen LogP contribution in [0.15, 0.2) is 16.9 Å². The molecule has 1 heterocycles. The zero-order valence-electron chi connectivity index (χ0n) is 12.2. The molecule has 0 aliphatic carbocycles. The Kier molecular flexibility index (Phi) is 6.36. The largest absolute Gasteiger partial charge is 0.463 e. The first-order chi connectivity index (χ1) is 10.3. The highest BCUT2D eigenvalue weighted by Crippen LogP contribution is 2.24. The molecule has 0 bridgehead atoms. The van der Waals surface area contributed by atoms with Crippen molar-refractivity contribution < 1.29 is 33.3 Å². The summed E-state index contributed by atoms with van der Waals surface area (Å²) in [6.45, 7) is 3.31. The van der Waals surface area contributed by atoms with E-state index in [1.54, 1.807) is 0 Å². The summed E-state index contributed by atoms with van der Waals surface area (Å²) in [6.07, 6.45) is -1.82. The fraction of sp³-hybridized carbons (Fsp3) is 0.583. The fourth-order valence-electron chi connectivity index (χ4n) is 1.68. The minimum absolute atomic E-state index is 0.101. The van der Waals surface area contributed by atoms with Gasteiger partial charge in [0, 0.05) is 31.8 Å². The lowest BCUT2D eigenvalue weighted by Gasteiger charge is -2.32. The molecule has 0 saturated carbocycles. The van der Waals surface area contributed by atoms with Crippen molar-refractivity contribution in [3.63, 3.8) is 0 Å². The van der Waals surface area contributed by atoms with Crippen LogP contribution in [0.25, 0.3) is 10.4 Å². The van der Waals surface area contributed by atoms with E-state index in [0.717, 1.165) is 6.92 Å². The zero-order valence-corrected chi connectivity index (χ0v) is 12.2. The Morgan fingerprint density at radius 2 is 1.95 bits per heavy atom. The molecule has 0 amide bonds. The van der Waals surface area contributed by atoms with E-state index in [1.807, 2.05) is 0 Å². The molecule has 0 saturated heterocycles. The summed E-state index contributed by atoms with van der Waals surface area (Å²) < 4.78 is 20.1. The summed E-state index contributed by atoms with van der Waals surface area (Å²) in [5, 5.41) is 3.34. The highest BCUT2D eigenvalue weighted by Gasteiger charge is 2.36. The first-order valence-electron chi connectivity index (χ1n) is 6.24. The van der Waals surface area contributed by atoms with Crippen molar-refractivity contribution in [3.05, 3.63) is 22.3 Å². The lowest BCUT2D eigenvalue weighted by molar-refractivity contribution is -0.168. The Bertz CT molecular complexity index is 539. The summed E-state index contributed by atoms with van der Waals surface area (Å²) in [6, 6.07) is 0. The van der Waals surface area contributed by atoms with Crippen LogP contribution in [0.4, 0.5) is 0 Å². The summed E-state index contributed by atoms with van der Waals surface area (Å²) >= 11 is 0. The smallest absolute Gasteiger partial charge is 0.307 e. The Labute approximate surface area is 125 Å². The Balaban J connectivity index is 3.03. The van der Waals surface area contributed by atoms with Crippen LogP contribution in [0.2, 0.25) is 0 Å². The number of carbonyl (C=O) groups excluding carboxylic acids is 3. The zero-order chi connectivity index (χ0) is 16.7. The molecule has 10 nitrogen and oxygen atoms in total. The van der Waals surface area contributed by atoms with E-state index in [-0.39, 0.29) is 12.4 Å². The van der Waals surface area contributed by atoms with E-state index in [1.165, 1.54) is 19.9 Å². The van der Waals surface area contributed by atoms with Crippen LogP contribution in [0.1, 0.15) is 20.8 Å². The van der Waals surface area contributed by atoms with Gasteiger partial charge < -0.3 is 18.9 Å². The van der Waals surface area contributed by atoms with Gasteiger partial charge in [-0.1, -0.05) is 5.11 Å². The molecular weight excluding hydrogens is 298 g/mol. The molecule has 0 fully saturated rings. The lowest BCUT2D eigenvalue weighted by atomic mass is 10.1. The summed E-state index contributed by atoms with van der Waals surface area (Å²) in [4.78, 5) is 35.6. The van der Waals surface area contributed by atoms with Crippen molar-refractivity contribution in [1.82, 2.24) is 0 Å². The number of nitrogens with zero attached hydrogens (tertiary/aromatic N) is 3. The maximum Gasteiger partial charge on any atom is 0.307 e. The molecule has 10 heteroatoms. The normalized spacial score (nSPS) is 23.6. The lowest BCUT2D eigenvalue weighted by Crippen LogP contribution is -2.43. The van der Waals surface area contributed by atoms with Crippen LogP contribution in [0.3, 0.4) is 0 Å². The third-order valence-corrected chi connectivity index (χ3v) is 2.41. The minimum Gasteiger partial charge on any atom is -0.463 e. The standard InChI is InChI=1S/C12H15N3O7/c1-6(16)19-5-11-9(20-7(2)17)4-10(21-8(3)18)12(22-11)14-15-13/h4,9,11-12H,5H2,1-3H3/t9-,11+,12?/m0/s1. The van der Waals surface area contributed by atoms with Crippen LogP contribution in [0, 0.1) is 0 Å². The van der Waals surface area contributed by atoms with Crippen molar-refractivity contribution in [2.45, 2.75) is 39.2 Å². The topological polar surface area (TPSA) is 137 Å². The van der Waals surface area contributed by atoms with Gasteiger partial charge in [0.05, 0.1) is 0 Å². The molecule has 1 unspecified atom stereocenters. The van der Waals surface area contributed by atoms with Crippen molar-refractivity contribution in [1.29, 1.82) is 0 Å². The van der Waals surface area contributed by atoms with Crippen molar-refractivity contribution >= 4 is 17.9 Å². The molecule has 1 rings (SSSR count). The quantitative estimate of drug-likeness (QED) is 0.242. The highest BCUT2D eigenvalue weighted by atomic mass is 16.6. The van der Waals surface area contributed by atoms with E-state index >= 15 is 0 Å². The number of ether oxygens (including phenoxy) is 4. The first-order valence-corrected chi connectivity index (χ1v) is 6.24. The van der Waals surface area contributed by atoms with Crippen LogP contribution in [-0.4, -0.2) is 43.0 Å². The van der Waals surface area contributed by atoms with Gasteiger partial charge in [-0.3, -0.25) is 14.4 Å². The predicted molar refractivity (Wildman–Crippen MR) is 69.8 cm³/mol. The molecule has 0 aromatic rings. The predicted octanol–water partition coefficient (Wildman–Crippen LogP) is 0.963. The number of carbonyl (C=O) groups is 3. The van der Waals surface area contributed by atoms with Crippen LogP contribution in [0.5, 0.6) is 0 Å². The average Bonchev–Trinajstić information content (AvgIpc) is 2.38. The summed E-state index contributed by atoms with van der Waals surface area (Å²) in [5.41, 5.74) is 8.53. The molecule has 120 valence electrons. The third kappa shape index (κ3) is 5.43. The summed E-state index contributed by atoms with van der Waals surface area (Å²) in [5.74, 6) is -1.93. The maximum atomic E-state index is 11.1. The monoisotopic (exact) mass is 313 g/mol. The Morgan fingerprint density at radius 3 is 2.45 bits per heavy atom. The fourth-order valence-corrected chi connectivity index (χ4v) is 1.68. The number of hydrogen-bond acceptors (Lipinski definition) is 8. The number of azide groups is 1. The minimum atomic E-state index is -1.23. The van der Waals surface area contributed by atoms with E-state index in [4.69, 9.17) is 24.5 Å². The maximum absolute atomic E-state index is 11.1. The highest BCUT2D eigenvalue weighted by molar-refractivity contribution is 5.68. The summed E-state index contributed by atoms with van der Waals surface area (Å²) in [7, 11) is 0. The molecule has 1 aliphatic heterocycles. The molecular formula is C12H15N3O7. The Morgan fingerprint density at radius 1 is 1.27 bits per heavy atom.